The number of hydrogen-bond donors (Lipinski definition) is 1. The van der Waals surface area contributed by atoms with Crippen molar-refractivity contribution in [1.29, 1.82) is 0 Å². The number of likely N-dealkylation sites (N-methyl/N-ethyl adjacent to an activating group) is 1. The van der Waals surface area contributed by atoms with Crippen LogP contribution in [0.3, 0.4) is 0 Å². The molecule has 6 heteroatoms. The van der Waals surface area contributed by atoms with E-state index in [9.17, 15) is 14.0 Å². The van der Waals surface area contributed by atoms with Crippen LogP contribution >= 0.6 is 0 Å². The summed E-state index contributed by atoms with van der Waals surface area (Å²) >= 11 is 0. The van der Waals surface area contributed by atoms with Crippen molar-refractivity contribution in [3.05, 3.63) is 59.4 Å². The zero-order chi connectivity index (χ0) is 18.7. The van der Waals surface area contributed by atoms with Gasteiger partial charge in [0.25, 0.3) is 0 Å². The third-order valence-electron chi connectivity index (χ3n) is 4.51. The van der Waals surface area contributed by atoms with Gasteiger partial charge in [-0.2, -0.15) is 0 Å². The zero-order valence-corrected chi connectivity index (χ0v) is 14.8. The monoisotopic (exact) mass is 356 g/mol. The van der Waals surface area contributed by atoms with Gasteiger partial charge in [-0.15, -0.1) is 0 Å². The lowest BCUT2D eigenvalue weighted by molar-refractivity contribution is -0.134. The van der Waals surface area contributed by atoms with Crippen molar-refractivity contribution in [2.75, 3.05) is 25.5 Å². The topological polar surface area (TPSA) is 58.6 Å². The molecule has 1 atom stereocenters. The van der Waals surface area contributed by atoms with E-state index in [0.717, 1.165) is 11.3 Å². The molecule has 0 aromatic heterocycles. The van der Waals surface area contributed by atoms with E-state index in [-0.39, 0.29) is 18.2 Å². The molecule has 0 radical (unpaired) electrons. The van der Waals surface area contributed by atoms with Gasteiger partial charge in [0.1, 0.15) is 18.2 Å². The minimum absolute atomic E-state index is 0.0560. The Hall–Kier alpha value is -2.89. The van der Waals surface area contributed by atoms with Crippen molar-refractivity contribution in [3.63, 3.8) is 0 Å². The SMILES string of the molecule is Cc1ccccc1OCCN(C)C(=O)C1CC(=O)Nc2cc(F)ccc21. The molecule has 0 saturated carbocycles. The normalized spacial score (nSPS) is 15.8. The Balaban J connectivity index is 1.65. The van der Waals surface area contributed by atoms with E-state index in [1.54, 1.807) is 18.0 Å². The molecule has 2 aromatic carbocycles. The van der Waals surface area contributed by atoms with Gasteiger partial charge in [-0.3, -0.25) is 9.59 Å². The van der Waals surface area contributed by atoms with E-state index in [0.29, 0.717) is 24.4 Å². The van der Waals surface area contributed by atoms with Crippen molar-refractivity contribution >= 4 is 17.5 Å². The molecule has 1 heterocycles. The van der Waals surface area contributed by atoms with Gasteiger partial charge in [-0.05, 0) is 36.2 Å². The van der Waals surface area contributed by atoms with Gasteiger partial charge < -0.3 is 15.0 Å². The molecule has 1 aliphatic heterocycles. The molecule has 2 amide bonds. The molecule has 5 nitrogen and oxygen atoms in total. The van der Waals surface area contributed by atoms with Crippen molar-refractivity contribution in [3.8, 4) is 5.75 Å². The molecule has 1 unspecified atom stereocenters. The van der Waals surface area contributed by atoms with Gasteiger partial charge in [0.15, 0.2) is 0 Å². The summed E-state index contributed by atoms with van der Waals surface area (Å²) in [5, 5.41) is 2.62. The Morgan fingerprint density at radius 3 is 2.85 bits per heavy atom. The van der Waals surface area contributed by atoms with Crippen LogP contribution in [0.2, 0.25) is 0 Å². The van der Waals surface area contributed by atoms with Crippen molar-refractivity contribution in [2.24, 2.45) is 0 Å². The molecule has 136 valence electrons. The number of para-hydroxylation sites is 1. The summed E-state index contributed by atoms with van der Waals surface area (Å²) in [5.41, 5.74) is 2.04. The van der Waals surface area contributed by atoms with Crippen molar-refractivity contribution < 1.29 is 18.7 Å². The van der Waals surface area contributed by atoms with Crippen LogP contribution in [0.15, 0.2) is 42.5 Å². The molecule has 2 aromatic rings. The number of anilines is 1. The maximum absolute atomic E-state index is 13.4. The second kappa shape index (κ2) is 7.56. The molecule has 26 heavy (non-hydrogen) atoms. The van der Waals surface area contributed by atoms with E-state index in [1.165, 1.54) is 12.1 Å². The summed E-state index contributed by atoms with van der Waals surface area (Å²) < 4.78 is 19.1. The van der Waals surface area contributed by atoms with Gasteiger partial charge in [0.2, 0.25) is 11.8 Å². The second-order valence-corrected chi connectivity index (χ2v) is 6.41. The minimum Gasteiger partial charge on any atom is -0.491 e. The number of ether oxygens (including phenoxy) is 1. The Bertz CT molecular complexity index is 838. The summed E-state index contributed by atoms with van der Waals surface area (Å²) in [6.07, 6.45) is 0.0560. The fraction of sp³-hybridized carbons (Fsp3) is 0.300. The summed E-state index contributed by atoms with van der Waals surface area (Å²) in [7, 11) is 1.68. The van der Waals surface area contributed by atoms with Gasteiger partial charge in [0.05, 0.1) is 12.5 Å². The first-order chi connectivity index (χ1) is 12.5. The van der Waals surface area contributed by atoms with Crippen LogP contribution in [0, 0.1) is 12.7 Å². The number of rotatable bonds is 5. The average molecular weight is 356 g/mol. The Morgan fingerprint density at radius 2 is 2.08 bits per heavy atom. The molecular weight excluding hydrogens is 335 g/mol. The van der Waals surface area contributed by atoms with Gasteiger partial charge in [-0.1, -0.05) is 24.3 Å². The van der Waals surface area contributed by atoms with E-state index in [4.69, 9.17) is 4.74 Å². The number of nitrogens with one attached hydrogen (secondary N) is 1. The predicted octanol–water partition coefficient (Wildman–Crippen LogP) is 3.10. The molecule has 0 bridgehead atoms. The van der Waals surface area contributed by atoms with Crippen LogP contribution in [0.1, 0.15) is 23.5 Å². The first kappa shape index (κ1) is 17.9. The number of carbonyl (C=O) groups is 2. The van der Waals surface area contributed by atoms with Crippen LogP contribution in [0.4, 0.5) is 10.1 Å². The number of amides is 2. The highest BCUT2D eigenvalue weighted by Gasteiger charge is 2.32. The molecule has 0 saturated heterocycles. The highest BCUT2D eigenvalue weighted by Crippen LogP contribution is 2.33. The number of carbonyl (C=O) groups excluding carboxylic acids is 2. The quantitative estimate of drug-likeness (QED) is 0.896. The molecular formula is C20H21FN2O3. The first-order valence-corrected chi connectivity index (χ1v) is 8.48. The van der Waals surface area contributed by atoms with E-state index in [2.05, 4.69) is 5.32 Å². The van der Waals surface area contributed by atoms with E-state index >= 15 is 0 Å². The lowest BCUT2D eigenvalue weighted by Crippen LogP contribution is -2.38. The highest BCUT2D eigenvalue weighted by molar-refractivity contribution is 6.01. The summed E-state index contributed by atoms with van der Waals surface area (Å²) in [6.45, 7) is 2.70. The summed E-state index contributed by atoms with van der Waals surface area (Å²) in [4.78, 5) is 26.2. The average Bonchev–Trinajstić information content (AvgIpc) is 2.61. The number of fused-ring (bicyclic) bond motifs is 1. The predicted molar refractivity (Wildman–Crippen MR) is 96.7 cm³/mol. The van der Waals surface area contributed by atoms with Crippen LogP contribution in [-0.4, -0.2) is 36.9 Å². The second-order valence-electron chi connectivity index (χ2n) is 6.41. The summed E-state index contributed by atoms with van der Waals surface area (Å²) in [6, 6.07) is 11.8. The smallest absolute Gasteiger partial charge is 0.230 e. The van der Waals surface area contributed by atoms with Crippen molar-refractivity contribution in [1.82, 2.24) is 4.90 Å². The van der Waals surface area contributed by atoms with Gasteiger partial charge in [-0.25, -0.2) is 4.39 Å². The zero-order valence-electron chi connectivity index (χ0n) is 14.8. The van der Waals surface area contributed by atoms with Crippen molar-refractivity contribution in [2.45, 2.75) is 19.3 Å². The minimum atomic E-state index is -0.609. The van der Waals surface area contributed by atoms with E-state index < -0.39 is 11.7 Å². The maximum Gasteiger partial charge on any atom is 0.230 e. The number of aryl methyl sites for hydroxylation is 1. The molecule has 3 rings (SSSR count). The maximum atomic E-state index is 13.4. The Morgan fingerprint density at radius 1 is 1.31 bits per heavy atom. The number of benzene rings is 2. The number of halogens is 1. The molecule has 0 spiro atoms. The van der Waals surface area contributed by atoms with Crippen LogP contribution in [0.5, 0.6) is 5.75 Å². The van der Waals surface area contributed by atoms with E-state index in [1.807, 2.05) is 31.2 Å². The largest absolute Gasteiger partial charge is 0.491 e. The van der Waals surface area contributed by atoms with Gasteiger partial charge in [0, 0.05) is 19.2 Å². The van der Waals surface area contributed by atoms with Gasteiger partial charge >= 0.3 is 0 Å². The third-order valence-corrected chi connectivity index (χ3v) is 4.51. The Kier molecular flexibility index (Phi) is 5.21. The Labute approximate surface area is 151 Å². The molecule has 0 aliphatic carbocycles. The number of nitrogens with zero attached hydrogens (tertiary/aromatic N) is 1. The first-order valence-electron chi connectivity index (χ1n) is 8.48. The third kappa shape index (κ3) is 3.85. The lowest BCUT2D eigenvalue weighted by atomic mass is 9.89. The van der Waals surface area contributed by atoms with Crippen LogP contribution in [-0.2, 0) is 9.59 Å². The molecule has 1 N–H and O–H groups in total. The molecule has 0 fully saturated rings. The van der Waals surface area contributed by atoms with Crippen LogP contribution in [0.25, 0.3) is 0 Å². The lowest BCUT2D eigenvalue weighted by Gasteiger charge is -2.28. The highest BCUT2D eigenvalue weighted by atomic mass is 19.1. The number of hydrogen-bond acceptors (Lipinski definition) is 3. The fourth-order valence-electron chi connectivity index (χ4n) is 3.04. The van der Waals surface area contributed by atoms with Crippen LogP contribution < -0.4 is 10.1 Å². The summed E-state index contributed by atoms with van der Waals surface area (Å²) in [5.74, 6) is -0.738. The molecule has 1 aliphatic rings. The standard InChI is InChI=1S/C20H21FN2O3/c1-13-5-3-4-6-18(13)26-10-9-23(2)20(25)16-12-19(24)22-17-11-14(21)7-8-15(16)17/h3-8,11,16H,9-10,12H2,1-2H3,(H,22,24). The fourth-order valence-corrected chi connectivity index (χ4v) is 3.04.